The summed E-state index contributed by atoms with van der Waals surface area (Å²) in [5.74, 6) is -0.886. The highest BCUT2D eigenvalue weighted by atomic mass is 35.5. The van der Waals surface area contributed by atoms with Crippen molar-refractivity contribution in [2.75, 3.05) is 10.8 Å². The third kappa shape index (κ3) is 7.28. The molecule has 0 aromatic heterocycles. The first-order chi connectivity index (χ1) is 17.9. The Bertz CT molecular complexity index is 1380. The number of sulfonamides is 1. The Morgan fingerprint density at radius 1 is 0.895 bits per heavy atom. The van der Waals surface area contributed by atoms with Gasteiger partial charge in [-0.25, -0.2) is 8.42 Å². The number of nitrogens with one attached hydrogen (secondary N) is 1. The van der Waals surface area contributed by atoms with E-state index >= 15 is 0 Å². The van der Waals surface area contributed by atoms with E-state index < -0.39 is 28.5 Å². The predicted octanol–water partition coefficient (Wildman–Crippen LogP) is 5.44. The average molecular weight is 577 g/mol. The van der Waals surface area contributed by atoms with Crippen LogP contribution in [0.25, 0.3) is 0 Å². The molecule has 1 atom stereocenters. The van der Waals surface area contributed by atoms with E-state index in [4.69, 9.17) is 23.2 Å². The Hall–Kier alpha value is -3.07. The highest BCUT2D eigenvalue weighted by Crippen LogP contribution is 2.29. The van der Waals surface area contributed by atoms with Gasteiger partial charge in [-0.2, -0.15) is 0 Å². The van der Waals surface area contributed by atoms with Crippen molar-refractivity contribution in [3.05, 3.63) is 94.0 Å². The van der Waals surface area contributed by atoms with Gasteiger partial charge >= 0.3 is 0 Å². The number of anilines is 1. The number of nitrogens with zero attached hydrogens (tertiary/aromatic N) is 2. The van der Waals surface area contributed by atoms with Gasteiger partial charge in [0.1, 0.15) is 12.6 Å². The smallest absolute Gasteiger partial charge is 0.264 e. The second-order valence-electron chi connectivity index (χ2n) is 9.24. The van der Waals surface area contributed by atoms with Gasteiger partial charge in [0.2, 0.25) is 11.8 Å². The van der Waals surface area contributed by atoms with Gasteiger partial charge in [0.25, 0.3) is 10.0 Å². The Morgan fingerprint density at radius 3 is 2.08 bits per heavy atom. The summed E-state index contributed by atoms with van der Waals surface area (Å²) >= 11 is 12.2. The molecule has 0 saturated carbocycles. The summed E-state index contributed by atoms with van der Waals surface area (Å²) in [7, 11) is -4.14. The monoisotopic (exact) mass is 575 g/mol. The fraction of sp³-hybridized carbons (Fsp3) is 0.286. The van der Waals surface area contributed by atoms with Crippen molar-refractivity contribution in [1.82, 2.24) is 10.2 Å². The Morgan fingerprint density at radius 2 is 1.50 bits per heavy atom. The van der Waals surface area contributed by atoms with E-state index in [9.17, 15) is 18.0 Å². The van der Waals surface area contributed by atoms with E-state index in [1.54, 1.807) is 74.5 Å². The van der Waals surface area contributed by atoms with E-state index in [0.29, 0.717) is 21.3 Å². The lowest BCUT2D eigenvalue weighted by molar-refractivity contribution is -0.139. The quantitative estimate of drug-likeness (QED) is 0.348. The van der Waals surface area contributed by atoms with E-state index in [2.05, 4.69) is 5.32 Å². The number of halogens is 2. The van der Waals surface area contributed by atoms with Crippen LogP contribution in [-0.4, -0.2) is 43.8 Å². The zero-order valence-electron chi connectivity index (χ0n) is 21.7. The first kappa shape index (κ1) is 29.5. The van der Waals surface area contributed by atoms with Gasteiger partial charge in [0.05, 0.1) is 10.6 Å². The van der Waals surface area contributed by atoms with Gasteiger partial charge < -0.3 is 10.2 Å². The molecule has 0 bridgehead atoms. The maximum absolute atomic E-state index is 13.9. The molecule has 0 fully saturated rings. The normalized spacial score (nSPS) is 12.2. The molecule has 0 saturated heterocycles. The van der Waals surface area contributed by atoms with Crippen molar-refractivity contribution < 1.29 is 18.0 Å². The molecule has 0 radical (unpaired) electrons. The summed E-state index contributed by atoms with van der Waals surface area (Å²) in [6, 6.07) is 18.6. The number of carbonyl (C=O) groups is 2. The number of amides is 2. The minimum Gasteiger partial charge on any atom is -0.352 e. The molecule has 3 rings (SSSR count). The highest BCUT2D eigenvalue weighted by Gasteiger charge is 2.33. The topological polar surface area (TPSA) is 86.8 Å². The van der Waals surface area contributed by atoms with Crippen LogP contribution in [0.3, 0.4) is 0 Å². The number of hydrogen-bond donors (Lipinski definition) is 1. The Kier molecular flexibility index (Phi) is 9.82. The van der Waals surface area contributed by atoms with Crippen LogP contribution in [0.4, 0.5) is 5.69 Å². The fourth-order valence-electron chi connectivity index (χ4n) is 3.91. The Labute approximate surface area is 234 Å². The van der Waals surface area contributed by atoms with Gasteiger partial charge in [-0.05, 0) is 81.3 Å². The number of benzene rings is 3. The second-order valence-corrected chi connectivity index (χ2v) is 12.0. The van der Waals surface area contributed by atoms with Crippen LogP contribution in [0.2, 0.25) is 10.0 Å². The standard InChI is InChI=1S/C28H31Cl2N3O4S/c1-19(2)31-28(35)21(4)32(17-22-10-12-23(29)13-11-22)27(34)18-33(26-15-14-24(30)16-20(26)3)38(36,37)25-8-6-5-7-9-25/h5-16,19,21H,17-18H2,1-4H3,(H,31,35). The van der Waals surface area contributed by atoms with E-state index in [1.807, 2.05) is 13.8 Å². The molecule has 0 aliphatic heterocycles. The largest absolute Gasteiger partial charge is 0.352 e. The number of hydrogen-bond acceptors (Lipinski definition) is 4. The lowest BCUT2D eigenvalue weighted by Crippen LogP contribution is -2.52. The minimum atomic E-state index is -4.14. The van der Waals surface area contributed by atoms with Crippen molar-refractivity contribution in [1.29, 1.82) is 0 Å². The van der Waals surface area contributed by atoms with E-state index in [1.165, 1.54) is 17.0 Å². The summed E-state index contributed by atoms with van der Waals surface area (Å²) in [6.45, 7) is 6.56. The zero-order chi connectivity index (χ0) is 28.0. The van der Waals surface area contributed by atoms with Crippen LogP contribution >= 0.6 is 23.2 Å². The van der Waals surface area contributed by atoms with Crippen LogP contribution in [-0.2, 0) is 26.2 Å². The predicted molar refractivity (Wildman–Crippen MR) is 152 cm³/mol. The SMILES string of the molecule is Cc1cc(Cl)ccc1N(CC(=O)N(Cc1ccc(Cl)cc1)C(C)C(=O)NC(C)C)S(=O)(=O)c1ccccc1. The zero-order valence-corrected chi connectivity index (χ0v) is 24.0. The van der Waals surface area contributed by atoms with Crippen molar-refractivity contribution in [2.24, 2.45) is 0 Å². The fourth-order valence-corrected chi connectivity index (χ4v) is 5.76. The third-order valence-electron chi connectivity index (χ3n) is 5.90. The number of aryl methyl sites for hydroxylation is 1. The van der Waals surface area contributed by atoms with Crippen LogP contribution in [0.15, 0.2) is 77.7 Å². The molecule has 0 heterocycles. The summed E-state index contributed by atoms with van der Waals surface area (Å²) < 4.78 is 28.7. The maximum atomic E-state index is 13.9. The lowest BCUT2D eigenvalue weighted by atomic mass is 10.1. The first-order valence-corrected chi connectivity index (χ1v) is 14.3. The average Bonchev–Trinajstić information content (AvgIpc) is 2.87. The van der Waals surface area contributed by atoms with Crippen molar-refractivity contribution in [2.45, 2.75) is 51.2 Å². The van der Waals surface area contributed by atoms with Crippen molar-refractivity contribution >= 4 is 50.7 Å². The molecule has 3 aromatic carbocycles. The number of carbonyl (C=O) groups excluding carboxylic acids is 2. The van der Waals surface area contributed by atoms with Gasteiger partial charge in [0, 0.05) is 22.6 Å². The van der Waals surface area contributed by atoms with E-state index in [0.717, 1.165) is 9.87 Å². The van der Waals surface area contributed by atoms with Crippen LogP contribution < -0.4 is 9.62 Å². The summed E-state index contributed by atoms with van der Waals surface area (Å²) in [5.41, 5.74) is 1.64. The van der Waals surface area contributed by atoms with Gasteiger partial charge in [-0.15, -0.1) is 0 Å². The second kappa shape index (κ2) is 12.7. The third-order valence-corrected chi connectivity index (χ3v) is 8.16. The molecule has 10 heteroatoms. The van der Waals surface area contributed by atoms with Gasteiger partial charge in [0.15, 0.2) is 0 Å². The maximum Gasteiger partial charge on any atom is 0.264 e. The van der Waals surface area contributed by atoms with Crippen LogP contribution in [0.1, 0.15) is 31.9 Å². The molecule has 1 N–H and O–H groups in total. The minimum absolute atomic E-state index is 0.0389. The molecule has 7 nitrogen and oxygen atoms in total. The molecule has 0 aliphatic carbocycles. The van der Waals surface area contributed by atoms with Crippen molar-refractivity contribution in [3.8, 4) is 0 Å². The van der Waals surface area contributed by atoms with Gasteiger partial charge in [-0.3, -0.25) is 13.9 Å². The van der Waals surface area contributed by atoms with Gasteiger partial charge in [-0.1, -0.05) is 53.5 Å². The summed E-state index contributed by atoms with van der Waals surface area (Å²) in [4.78, 5) is 28.2. The van der Waals surface area contributed by atoms with Crippen molar-refractivity contribution in [3.63, 3.8) is 0 Å². The first-order valence-electron chi connectivity index (χ1n) is 12.1. The molecule has 38 heavy (non-hydrogen) atoms. The summed E-state index contributed by atoms with van der Waals surface area (Å²) in [6.07, 6.45) is 0. The molecular formula is C28H31Cl2N3O4S. The molecule has 1 unspecified atom stereocenters. The molecule has 202 valence electrons. The lowest BCUT2D eigenvalue weighted by Gasteiger charge is -2.32. The Balaban J connectivity index is 2.05. The molecule has 3 aromatic rings. The highest BCUT2D eigenvalue weighted by molar-refractivity contribution is 7.92. The van der Waals surface area contributed by atoms with Crippen LogP contribution in [0, 0.1) is 6.92 Å². The summed E-state index contributed by atoms with van der Waals surface area (Å²) in [5, 5.41) is 3.81. The molecule has 0 spiro atoms. The number of rotatable bonds is 10. The van der Waals surface area contributed by atoms with E-state index in [-0.39, 0.29) is 23.4 Å². The van der Waals surface area contributed by atoms with Crippen LogP contribution in [0.5, 0.6) is 0 Å². The molecule has 2 amide bonds. The molecular weight excluding hydrogens is 545 g/mol. The molecule has 0 aliphatic rings.